The summed E-state index contributed by atoms with van der Waals surface area (Å²) < 4.78 is 0.951. The minimum Gasteiger partial charge on any atom is -0.360 e. The Morgan fingerprint density at radius 3 is 2.58 bits per heavy atom. The Balaban J connectivity index is 2.13. The zero-order valence-corrected chi connectivity index (χ0v) is 15.6. The van der Waals surface area contributed by atoms with E-state index in [0.29, 0.717) is 15.7 Å². The fourth-order valence-electron chi connectivity index (χ4n) is 1.86. The van der Waals surface area contributed by atoms with Gasteiger partial charge in [0, 0.05) is 22.0 Å². The standard InChI is InChI=1S/C17H12BrCl2N3O/c1-10-6-12(18)2-5-16(10)22-9-11(8-21)17(24)23-13-3-4-14(19)15(20)7-13/h2-7,9,22H,1H3,(H,23,24)/b11-9-. The molecule has 7 heteroatoms. The molecule has 0 fully saturated rings. The van der Waals surface area contributed by atoms with Crippen LogP contribution in [0.25, 0.3) is 0 Å². The van der Waals surface area contributed by atoms with Crippen molar-refractivity contribution in [3.63, 3.8) is 0 Å². The molecule has 0 atom stereocenters. The number of hydrogen-bond acceptors (Lipinski definition) is 3. The first-order chi connectivity index (χ1) is 11.4. The molecule has 2 N–H and O–H groups in total. The van der Waals surface area contributed by atoms with Crippen LogP contribution in [-0.4, -0.2) is 5.91 Å². The number of benzene rings is 2. The highest BCUT2D eigenvalue weighted by Gasteiger charge is 2.10. The molecule has 2 aromatic rings. The lowest BCUT2D eigenvalue weighted by Crippen LogP contribution is -2.14. The molecule has 0 aliphatic carbocycles. The summed E-state index contributed by atoms with van der Waals surface area (Å²) in [6.07, 6.45) is 1.36. The Morgan fingerprint density at radius 2 is 1.96 bits per heavy atom. The van der Waals surface area contributed by atoms with E-state index in [9.17, 15) is 10.1 Å². The summed E-state index contributed by atoms with van der Waals surface area (Å²) in [6.45, 7) is 1.92. The first-order valence-corrected chi connectivity index (χ1v) is 8.35. The molecule has 1 amide bonds. The van der Waals surface area contributed by atoms with Crippen LogP contribution < -0.4 is 10.6 Å². The topological polar surface area (TPSA) is 64.9 Å². The largest absolute Gasteiger partial charge is 0.360 e. The van der Waals surface area contributed by atoms with Crippen molar-refractivity contribution in [2.45, 2.75) is 6.92 Å². The van der Waals surface area contributed by atoms with Gasteiger partial charge in [0.15, 0.2) is 0 Å². The summed E-state index contributed by atoms with van der Waals surface area (Å²) in [5, 5.41) is 15.5. The third-order valence-corrected chi connectivity index (χ3v) is 4.34. The number of rotatable bonds is 4. The van der Waals surface area contributed by atoms with Crippen LogP contribution in [0.5, 0.6) is 0 Å². The molecular weight excluding hydrogens is 413 g/mol. The third-order valence-electron chi connectivity index (χ3n) is 3.10. The second-order valence-electron chi connectivity index (χ2n) is 4.86. The lowest BCUT2D eigenvalue weighted by Gasteiger charge is -2.08. The number of carbonyl (C=O) groups excluding carboxylic acids is 1. The molecule has 24 heavy (non-hydrogen) atoms. The van der Waals surface area contributed by atoms with E-state index in [1.54, 1.807) is 12.1 Å². The number of aryl methyl sites for hydroxylation is 1. The third kappa shape index (κ3) is 4.75. The predicted octanol–water partition coefficient (Wildman–Crippen LogP) is 5.52. The molecule has 0 aliphatic rings. The molecule has 0 saturated carbocycles. The van der Waals surface area contributed by atoms with Gasteiger partial charge in [-0.25, -0.2) is 0 Å². The fourth-order valence-corrected chi connectivity index (χ4v) is 2.63. The average Bonchev–Trinajstić information content (AvgIpc) is 2.53. The lowest BCUT2D eigenvalue weighted by molar-refractivity contribution is -0.112. The summed E-state index contributed by atoms with van der Waals surface area (Å²) >= 11 is 15.1. The van der Waals surface area contributed by atoms with Crippen LogP contribution >= 0.6 is 39.1 Å². The predicted molar refractivity (Wildman–Crippen MR) is 101 cm³/mol. The van der Waals surface area contributed by atoms with Crippen molar-refractivity contribution in [3.05, 3.63) is 68.3 Å². The molecule has 0 saturated heterocycles. The van der Waals surface area contributed by atoms with Crippen LogP contribution in [0.15, 0.2) is 52.6 Å². The second-order valence-corrected chi connectivity index (χ2v) is 6.59. The number of halogens is 3. The number of nitriles is 1. The fraction of sp³-hybridized carbons (Fsp3) is 0.0588. The van der Waals surface area contributed by atoms with Gasteiger partial charge in [0.2, 0.25) is 0 Å². The van der Waals surface area contributed by atoms with E-state index in [1.165, 1.54) is 12.3 Å². The van der Waals surface area contributed by atoms with E-state index in [1.807, 2.05) is 31.2 Å². The Kier molecular flexibility index (Phi) is 6.27. The molecule has 2 aromatic carbocycles. The van der Waals surface area contributed by atoms with E-state index in [2.05, 4.69) is 26.6 Å². The van der Waals surface area contributed by atoms with Crippen molar-refractivity contribution in [2.75, 3.05) is 10.6 Å². The van der Waals surface area contributed by atoms with Gasteiger partial charge in [0.1, 0.15) is 11.6 Å². The number of hydrogen-bond donors (Lipinski definition) is 2. The summed E-state index contributed by atoms with van der Waals surface area (Å²) in [7, 11) is 0. The Labute approximate surface area is 158 Å². The molecular formula is C17H12BrCl2N3O. The molecule has 0 unspecified atom stereocenters. The van der Waals surface area contributed by atoms with Gasteiger partial charge in [0.25, 0.3) is 5.91 Å². The summed E-state index contributed by atoms with van der Waals surface area (Å²) in [5.41, 5.74) is 2.16. The Hall–Kier alpha value is -2.00. The summed E-state index contributed by atoms with van der Waals surface area (Å²) in [5.74, 6) is -0.543. The smallest absolute Gasteiger partial charge is 0.267 e. The van der Waals surface area contributed by atoms with Crippen LogP contribution in [0, 0.1) is 18.3 Å². The van der Waals surface area contributed by atoms with Crippen LogP contribution in [0.3, 0.4) is 0 Å². The molecule has 2 rings (SSSR count). The average molecular weight is 425 g/mol. The molecule has 4 nitrogen and oxygen atoms in total. The highest BCUT2D eigenvalue weighted by Crippen LogP contribution is 2.25. The molecule has 0 bridgehead atoms. The van der Waals surface area contributed by atoms with Crippen LogP contribution in [0.1, 0.15) is 5.56 Å². The lowest BCUT2D eigenvalue weighted by atomic mass is 10.2. The van der Waals surface area contributed by atoms with Crippen molar-refractivity contribution < 1.29 is 4.79 Å². The first kappa shape index (κ1) is 18.3. The zero-order chi connectivity index (χ0) is 17.7. The number of amides is 1. The quantitative estimate of drug-likeness (QED) is 0.501. The van der Waals surface area contributed by atoms with E-state index in [-0.39, 0.29) is 5.57 Å². The minimum absolute atomic E-state index is 0.0663. The second kappa shape index (κ2) is 8.20. The molecule has 0 aromatic heterocycles. The van der Waals surface area contributed by atoms with Crippen molar-refractivity contribution in [2.24, 2.45) is 0 Å². The van der Waals surface area contributed by atoms with Crippen LogP contribution in [0.4, 0.5) is 11.4 Å². The van der Waals surface area contributed by atoms with Gasteiger partial charge in [-0.1, -0.05) is 39.1 Å². The molecule has 0 radical (unpaired) electrons. The van der Waals surface area contributed by atoms with Gasteiger partial charge in [-0.3, -0.25) is 4.79 Å². The monoisotopic (exact) mass is 423 g/mol. The molecule has 0 spiro atoms. The van der Waals surface area contributed by atoms with E-state index in [4.69, 9.17) is 23.2 Å². The Bertz CT molecular complexity index is 859. The SMILES string of the molecule is Cc1cc(Br)ccc1N/C=C(/C#N)C(=O)Nc1ccc(Cl)c(Cl)c1. The number of nitrogens with one attached hydrogen (secondary N) is 2. The highest BCUT2D eigenvalue weighted by atomic mass is 79.9. The van der Waals surface area contributed by atoms with Crippen molar-refractivity contribution in [3.8, 4) is 6.07 Å². The van der Waals surface area contributed by atoms with Crippen molar-refractivity contribution in [1.29, 1.82) is 5.26 Å². The van der Waals surface area contributed by atoms with Gasteiger partial charge >= 0.3 is 0 Å². The van der Waals surface area contributed by atoms with Gasteiger partial charge in [-0.15, -0.1) is 0 Å². The van der Waals surface area contributed by atoms with Crippen molar-refractivity contribution >= 4 is 56.4 Å². The van der Waals surface area contributed by atoms with E-state index >= 15 is 0 Å². The maximum Gasteiger partial charge on any atom is 0.267 e. The van der Waals surface area contributed by atoms with Crippen LogP contribution in [-0.2, 0) is 4.79 Å². The number of nitrogens with zero attached hydrogens (tertiary/aromatic N) is 1. The number of anilines is 2. The Morgan fingerprint density at radius 1 is 1.21 bits per heavy atom. The summed E-state index contributed by atoms with van der Waals surface area (Å²) in [6, 6.07) is 12.2. The van der Waals surface area contributed by atoms with Crippen molar-refractivity contribution in [1.82, 2.24) is 0 Å². The number of carbonyl (C=O) groups is 1. The summed E-state index contributed by atoms with van der Waals surface area (Å²) in [4.78, 5) is 12.2. The molecule has 0 aliphatic heterocycles. The normalized spacial score (nSPS) is 10.9. The van der Waals surface area contributed by atoms with Gasteiger partial charge in [-0.2, -0.15) is 5.26 Å². The maximum atomic E-state index is 12.2. The van der Waals surface area contributed by atoms with Gasteiger partial charge in [-0.05, 0) is 48.9 Å². The van der Waals surface area contributed by atoms with Gasteiger partial charge in [0.05, 0.1) is 10.0 Å². The molecule has 122 valence electrons. The molecule has 0 heterocycles. The van der Waals surface area contributed by atoms with Gasteiger partial charge < -0.3 is 10.6 Å². The highest BCUT2D eigenvalue weighted by molar-refractivity contribution is 9.10. The zero-order valence-electron chi connectivity index (χ0n) is 12.5. The van der Waals surface area contributed by atoms with E-state index in [0.717, 1.165) is 15.7 Å². The first-order valence-electron chi connectivity index (χ1n) is 6.80. The minimum atomic E-state index is -0.543. The van der Waals surface area contributed by atoms with Crippen LogP contribution in [0.2, 0.25) is 10.0 Å². The maximum absolute atomic E-state index is 12.2. The van der Waals surface area contributed by atoms with E-state index < -0.39 is 5.91 Å².